The normalized spacial score (nSPS) is 17.2. The average Bonchev–Trinajstić information content (AvgIpc) is 3.01. The number of hydrogen-bond acceptors (Lipinski definition) is 1. The largest absolute Gasteiger partial charge is 0.264 e. The van der Waals surface area contributed by atoms with Gasteiger partial charge in [-0.1, -0.05) is 41.3 Å². The zero-order valence-corrected chi connectivity index (χ0v) is 12.1. The van der Waals surface area contributed by atoms with Crippen LogP contribution in [0.25, 0.3) is 11.1 Å². The fraction of sp³-hybridized carbons (Fsp3) is 0.143. The maximum atomic E-state index is 3.39. The minimum absolute atomic E-state index is 0. The minimum Gasteiger partial charge on any atom is -0.264 e. The predicted molar refractivity (Wildman–Crippen MR) is 66.6 cm³/mol. The molecule has 0 unspecified atom stereocenters. The third-order valence-electron chi connectivity index (χ3n) is 2.82. The Morgan fingerprint density at radius 3 is 2.31 bits per heavy atom. The van der Waals surface area contributed by atoms with Crippen molar-refractivity contribution in [2.75, 3.05) is 0 Å². The zero-order chi connectivity index (χ0) is 10.1. The van der Waals surface area contributed by atoms with Crippen LogP contribution < -0.4 is 0 Å². The Hall–Kier alpha value is -0.457. The topological polar surface area (TPSA) is 0 Å². The monoisotopic (exact) mass is 301 g/mol. The molecule has 1 heterocycles. The molecule has 1 aromatic heterocycles. The van der Waals surface area contributed by atoms with E-state index in [1.165, 1.54) is 22.3 Å². The maximum absolute atomic E-state index is 3.39. The summed E-state index contributed by atoms with van der Waals surface area (Å²) in [6.07, 6.45) is 15.2. The molecule has 0 aromatic carbocycles. The predicted octanol–water partition coefficient (Wildman–Crippen LogP) is 4.23. The Morgan fingerprint density at radius 1 is 1.00 bits per heavy atom. The second-order valence-electron chi connectivity index (χ2n) is 3.77. The van der Waals surface area contributed by atoms with E-state index in [0.717, 1.165) is 12.8 Å². The molecule has 0 fully saturated rings. The summed E-state index contributed by atoms with van der Waals surface area (Å²) in [6.45, 7) is 0. The van der Waals surface area contributed by atoms with Crippen molar-refractivity contribution in [1.29, 1.82) is 0 Å². The van der Waals surface area contributed by atoms with E-state index in [1.807, 2.05) is 0 Å². The van der Waals surface area contributed by atoms with Gasteiger partial charge in [0.1, 0.15) is 0 Å². The molecule has 0 amide bonds. The molecule has 0 saturated heterocycles. The first-order valence-electron chi connectivity index (χ1n) is 5.16. The van der Waals surface area contributed by atoms with Gasteiger partial charge in [0.05, 0.1) is 0 Å². The summed E-state index contributed by atoms with van der Waals surface area (Å²) in [6, 6.07) is 0. The van der Waals surface area contributed by atoms with Crippen LogP contribution in [0.15, 0.2) is 41.8 Å². The Morgan fingerprint density at radius 2 is 1.69 bits per heavy atom. The smallest absolute Gasteiger partial charge is 0 e. The first-order chi connectivity index (χ1) is 7.45. The molecule has 16 heavy (non-hydrogen) atoms. The SMILES string of the molecule is [Zr].[c-]1scc(C2=CC=CC2)c1C1=CC=CC1. The Labute approximate surface area is 119 Å². The molecule has 2 heteroatoms. The number of thiophene rings is 1. The van der Waals surface area contributed by atoms with E-state index in [1.54, 1.807) is 11.3 Å². The van der Waals surface area contributed by atoms with E-state index in [9.17, 15) is 0 Å². The Balaban J connectivity index is 0.000000963. The molecule has 0 N–H and O–H groups in total. The number of allylic oxidation sites excluding steroid dienone is 8. The van der Waals surface area contributed by atoms with Gasteiger partial charge in [-0.05, 0) is 12.8 Å². The molecule has 2 aliphatic carbocycles. The zero-order valence-electron chi connectivity index (χ0n) is 8.86. The van der Waals surface area contributed by atoms with E-state index in [2.05, 4.69) is 47.2 Å². The molecular weight excluding hydrogens is 291 g/mol. The van der Waals surface area contributed by atoms with Gasteiger partial charge in [-0.15, -0.1) is 28.2 Å². The molecule has 1 aromatic rings. The molecular formula is C14H11SZr-. The number of rotatable bonds is 2. The minimum atomic E-state index is 0. The maximum Gasteiger partial charge on any atom is 0 e. The van der Waals surface area contributed by atoms with Crippen LogP contribution in [0.1, 0.15) is 24.0 Å². The van der Waals surface area contributed by atoms with Gasteiger partial charge in [0.2, 0.25) is 0 Å². The van der Waals surface area contributed by atoms with E-state index in [0.29, 0.717) is 0 Å². The summed E-state index contributed by atoms with van der Waals surface area (Å²) in [5.74, 6) is 0. The molecule has 2 aliphatic rings. The van der Waals surface area contributed by atoms with Crippen molar-refractivity contribution >= 4 is 22.5 Å². The second-order valence-corrected chi connectivity index (χ2v) is 4.45. The average molecular weight is 303 g/mol. The van der Waals surface area contributed by atoms with Gasteiger partial charge < -0.3 is 0 Å². The molecule has 3 rings (SSSR count). The van der Waals surface area contributed by atoms with Crippen LogP contribution in [-0.2, 0) is 26.2 Å². The van der Waals surface area contributed by atoms with E-state index in [4.69, 9.17) is 0 Å². The number of hydrogen-bond donors (Lipinski definition) is 0. The van der Waals surface area contributed by atoms with E-state index in [-0.39, 0.29) is 26.2 Å². The van der Waals surface area contributed by atoms with Gasteiger partial charge >= 0.3 is 0 Å². The van der Waals surface area contributed by atoms with Crippen molar-refractivity contribution < 1.29 is 26.2 Å². The van der Waals surface area contributed by atoms with Gasteiger partial charge in [-0.2, -0.15) is 0 Å². The molecule has 78 valence electrons. The van der Waals surface area contributed by atoms with Gasteiger partial charge in [0.15, 0.2) is 0 Å². The van der Waals surface area contributed by atoms with Crippen LogP contribution in [0.3, 0.4) is 0 Å². The van der Waals surface area contributed by atoms with Crippen LogP contribution in [-0.4, -0.2) is 0 Å². The van der Waals surface area contributed by atoms with Crippen LogP contribution in [0.2, 0.25) is 0 Å². The summed E-state index contributed by atoms with van der Waals surface area (Å²) >= 11 is 1.68. The Bertz CT molecular complexity index is 456. The molecule has 0 nitrogen and oxygen atoms in total. The van der Waals surface area contributed by atoms with Crippen molar-refractivity contribution in [3.63, 3.8) is 0 Å². The summed E-state index contributed by atoms with van der Waals surface area (Å²) in [5.41, 5.74) is 5.51. The van der Waals surface area contributed by atoms with Gasteiger partial charge in [0, 0.05) is 26.2 Å². The molecule has 0 saturated carbocycles. The van der Waals surface area contributed by atoms with E-state index >= 15 is 0 Å². The molecule has 0 bridgehead atoms. The molecule has 0 spiro atoms. The van der Waals surface area contributed by atoms with Gasteiger partial charge in [-0.25, -0.2) is 0 Å². The van der Waals surface area contributed by atoms with Crippen molar-refractivity contribution in [2.45, 2.75) is 12.8 Å². The Kier molecular flexibility index (Phi) is 3.94. The van der Waals surface area contributed by atoms with Gasteiger partial charge in [0.25, 0.3) is 0 Å². The second kappa shape index (κ2) is 5.25. The summed E-state index contributed by atoms with van der Waals surface area (Å²) < 4.78 is 0. The summed E-state index contributed by atoms with van der Waals surface area (Å²) in [7, 11) is 0. The van der Waals surface area contributed by atoms with Crippen molar-refractivity contribution in [3.8, 4) is 0 Å². The van der Waals surface area contributed by atoms with Crippen molar-refractivity contribution in [3.05, 3.63) is 58.3 Å². The van der Waals surface area contributed by atoms with Crippen LogP contribution in [0.4, 0.5) is 0 Å². The summed E-state index contributed by atoms with van der Waals surface area (Å²) in [5, 5.41) is 5.60. The van der Waals surface area contributed by atoms with Crippen LogP contribution in [0, 0.1) is 5.38 Å². The first-order valence-corrected chi connectivity index (χ1v) is 6.04. The quantitative estimate of drug-likeness (QED) is 0.717. The molecule has 0 radical (unpaired) electrons. The third-order valence-corrected chi connectivity index (χ3v) is 3.49. The molecule has 0 aliphatic heterocycles. The summed E-state index contributed by atoms with van der Waals surface area (Å²) in [4.78, 5) is 0. The fourth-order valence-corrected chi connectivity index (χ4v) is 2.82. The van der Waals surface area contributed by atoms with E-state index < -0.39 is 0 Å². The van der Waals surface area contributed by atoms with Gasteiger partial charge in [-0.3, -0.25) is 11.3 Å². The van der Waals surface area contributed by atoms with Crippen LogP contribution >= 0.6 is 11.3 Å². The standard InChI is InChI=1S/C14H11S.Zr/c1-2-6-11(5-1)13-9-15-10-14(13)12-7-3-4-8-12;/h1-5,7,9H,6,8H2;/q-1;. The fourth-order valence-electron chi connectivity index (χ4n) is 2.02. The van der Waals surface area contributed by atoms with Crippen LogP contribution in [0.5, 0.6) is 0 Å². The third kappa shape index (κ3) is 2.14. The molecule has 0 atom stereocenters. The van der Waals surface area contributed by atoms with Crippen molar-refractivity contribution in [2.24, 2.45) is 0 Å². The van der Waals surface area contributed by atoms with Crippen molar-refractivity contribution in [1.82, 2.24) is 0 Å². The first kappa shape index (κ1) is 12.0.